The molecule has 0 fully saturated rings. The van der Waals surface area contributed by atoms with Crippen molar-refractivity contribution < 1.29 is 14.7 Å². The zero-order valence-corrected chi connectivity index (χ0v) is 9.88. The normalized spacial score (nSPS) is 9.89. The van der Waals surface area contributed by atoms with Gasteiger partial charge in [-0.1, -0.05) is 18.2 Å². The van der Waals surface area contributed by atoms with Gasteiger partial charge in [-0.15, -0.1) is 0 Å². The summed E-state index contributed by atoms with van der Waals surface area (Å²) in [5.41, 5.74) is 2.99. The fraction of sp³-hybridized carbons (Fsp3) is 0.0714. The molecule has 2 rings (SSSR count). The number of para-hydroxylation sites is 1. The third kappa shape index (κ3) is 2.67. The van der Waals surface area contributed by atoms with E-state index in [2.05, 4.69) is 0 Å². The molecule has 0 unspecified atom stereocenters. The van der Waals surface area contributed by atoms with E-state index in [9.17, 15) is 4.79 Å². The Bertz CT molecular complexity index is 549. The molecule has 18 heavy (non-hydrogen) atoms. The minimum atomic E-state index is -0.544. The molecular formula is C14H13NO3. The number of hydrogen-bond acceptors (Lipinski definition) is 3. The van der Waals surface area contributed by atoms with Gasteiger partial charge in [0.25, 0.3) is 5.91 Å². The van der Waals surface area contributed by atoms with Crippen LogP contribution in [0, 0.1) is 6.92 Å². The highest BCUT2D eigenvalue weighted by Gasteiger charge is 2.04. The molecule has 4 nitrogen and oxygen atoms in total. The number of hydrogen-bond donors (Lipinski definition) is 2. The molecule has 0 atom stereocenters. The second-order valence-electron chi connectivity index (χ2n) is 3.83. The van der Waals surface area contributed by atoms with Gasteiger partial charge in [-0.05, 0) is 42.8 Å². The maximum atomic E-state index is 11.1. The van der Waals surface area contributed by atoms with Crippen LogP contribution in [0.3, 0.4) is 0 Å². The molecule has 0 spiro atoms. The second-order valence-corrected chi connectivity index (χ2v) is 3.83. The third-order valence-electron chi connectivity index (χ3n) is 2.54. The minimum Gasteiger partial charge on any atom is -0.457 e. The van der Waals surface area contributed by atoms with E-state index in [1.54, 1.807) is 29.7 Å². The van der Waals surface area contributed by atoms with Crippen molar-refractivity contribution in [3.05, 3.63) is 59.7 Å². The Morgan fingerprint density at radius 1 is 1.11 bits per heavy atom. The lowest BCUT2D eigenvalue weighted by Gasteiger charge is -2.08. The zero-order valence-electron chi connectivity index (χ0n) is 9.88. The topological polar surface area (TPSA) is 58.6 Å². The Morgan fingerprint density at radius 3 is 2.39 bits per heavy atom. The Morgan fingerprint density at radius 2 is 1.78 bits per heavy atom. The van der Waals surface area contributed by atoms with Crippen LogP contribution in [0.5, 0.6) is 11.5 Å². The number of aryl methyl sites for hydroxylation is 1. The molecular weight excluding hydrogens is 230 g/mol. The summed E-state index contributed by atoms with van der Waals surface area (Å²) in [6.07, 6.45) is 0. The Balaban J connectivity index is 2.16. The zero-order chi connectivity index (χ0) is 13.0. The van der Waals surface area contributed by atoms with E-state index in [0.29, 0.717) is 11.3 Å². The van der Waals surface area contributed by atoms with Crippen LogP contribution in [0.2, 0.25) is 0 Å². The summed E-state index contributed by atoms with van der Waals surface area (Å²) in [4.78, 5) is 11.1. The number of benzene rings is 2. The largest absolute Gasteiger partial charge is 0.457 e. The Kier molecular flexibility index (Phi) is 3.60. The van der Waals surface area contributed by atoms with Gasteiger partial charge in [-0.2, -0.15) is 0 Å². The molecule has 1 amide bonds. The lowest BCUT2D eigenvalue weighted by Crippen LogP contribution is -2.18. The number of nitrogens with one attached hydrogen (secondary N) is 1. The van der Waals surface area contributed by atoms with Crippen LogP contribution in [-0.4, -0.2) is 11.1 Å². The van der Waals surface area contributed by atoms with Crippen LogP contribution >= 0.6 is 0 Å². The number of carbonyl (C=O) groups is 1. The summed E-state index contributed by atoms with van der Waals surface area (Å²) in [5.74, 6) is 0.869. The maximum absolute atomic E-state index is 11.1. The van der Waals surface area contributed by atoms with Gasteiger partial charge in [0.1, 0.15) is 11.5 Å². The van der Waals surface area contributed by atoms with Crippen LogP contribution in [0.15, 0.2) is 48.5 Å². The number of ether oxygens (including phenoxy) is 1. The summed E-state index contributed by atoms with van der Waals surface area (Å²) in [7, 11) is 0. The van der Waals surface area contributed by atoms with E-state index < -0.39 is 5.91 Å². The van der Waals surface area contributed by atoms with E-state index in [1.807, 2.05) is 31.2 Å². The monoisotopic (exact) mass is 243 g/mol. The molecule has 0 radical (unpaired) electrons. The van der Waals surface area contributed by atoms with Crippen molar-refractivity contribution in [1.82, 2.24) is 5.48 Å². The van der Waals surface area contributed by atoms with E-state index in [4.69, 9.17) is 9.94 Å². The van der Waals surface area contributed by atoms with Crippen LogP contribution < -0.4 is 10.2 Å². The standard InChI is InChI=1S/C14H13NO3/c1-10-4-2-3-5-13(10)18-12-8-6-11(7-9-12)14(16)15-17/h2-9,17H,1H3,(H,15,16). The first-order valence-electron chi connectivity index (χ1n) is 5.48. The van der Waals surface area contributed by atoms with E-state index >= 15 is 0 Å². The Hall–Kier alpha value is -2.33. The summed E-state index contributed by atoms with van der Waals surface area (Å²) in [6.45, 7) is 1.96. The minimum absolute atomic E-state index is 0.370. The lowest BCUT2D eigenvalue weighted by atomic mass is 10.2. The van der Waals surface area contributed by atoms with Crippen LogP contribution in [0.4, 0.5) is 0 Å². The number of amides is 1. The van der Waals surface area contributed by atoms with Crippen LogP contribution in [-0.2, 0) is 0 Å². The van der Waals surface area contributed by atoms with Gasteiger partial charge >= 0.3 is 0 Å². The number of rotatable bonds is 3. The first-order chi connectivity index (χ1) is 8.70. The van der Waals surface area contributed by atoms with Gasteiger partial charge in [0.05, 0.1) is 0 Å². The highest BCUT2D eigenvalue weighted by molar-refractivity contribution is 5.93. The molecule has 0 bridgehead atoms. The van der Waals surface area contributed by atoms with Crippen molar-refractivity contribution in [3.8, 4) is 11.5 Å². The predicted molar refractivity (Wildman–Crippen MR) is 66.9 cm³/mol. The molecule has 0 saturated carbocycles. The second kappa shape index (κ2) is 5.33. The van der Waals surface area contributed by atoms with Gasteiger partial charge in [0, 0.05) is 5.56 Å². The third-order valence-corrected chi connectivity index (χ3v) is 2.54. The highest BCUT2D eigenvalue weighted by Crippen LogP contribution is 2.24. The molecule has 0 saturated heterocycles. The first kappa shape index (κ1) is 12.1. The molecule has 0 aliphatic heterocycles. The van der Waals surface area contributed by atoms with Crippen LogP contribution in [0.25, 0.3) is 0 Å². The van der Waals surface area contributed by atoms with Crippen molar-refractivity contribution in [1.29, 1.82) is 0 Å². The van der Waals surface area contributed by atoms with Gasteiger partial charge < -0.3 is 4.74 Å². The van der Waals surface area contributed by atoms with Crippen molar-refractivity contribution in [2.24, 2.45) is 0 Å². The van der Waals surface area contributed by atoms with Crippen molar-refractivity contribution >= 4 is 5.91 Å². The molecule has 2 aromatic carbocycles. The van der Waals surface area contributed by atoms with Gasteiger partial charge in [0.15, 0.2) is 0 Å². The molecule has 2 N–H and O–H groups in total. The first-order valence-corrected chi connectivity index (χ1v) is 5.48. The van der Waals surface area contributed by atoms with E-state index in [-0.39, 0.29) is 0 Å². The van der Waals surface area contributed by atoms with Crippen molar-refractivity contribution in [3.63, 3.8) is 0 Å². The van der Waals surface area contributed by atoms with Gasteiger partial charge in [-0.25, -0.2) is 5.48 Å². The molecule has 0 heterocycles. The predicted octanol–water partition coefficient (Wildman–Crippen LogP) is 2.91. The summed E-state index contributed by atoms with van der Waals surface area (Å²) < 4.78 is 5.68. The average molecular weight is 243 g/mol. The number of carbonyl (C=O) groups excluding carboxylic acids is 1. The lowest BCUT2D eigenvalue weighted by molar-refractivity contribution is 0.0706. The summed E-state index contributed by atoms with van der Waals surface area (Å²) in [6, 6.07) is 14.2. The molecule has 2 aromatic rings. The van der Waals surface area contributed by atoms with Crippen molar-refractivity contribution in [2.75, 3.05) is 0 Å². The SMILES string of the molecule is Cc1ccccc1Oc1ccc(C(=O)NO)cc1. The average Bonchev–Trinajstić information content (AvgIpc) is 2.41. The molecule has 0 aliphatic carbocycles. The fourth-order valence-corrected chi connectivity index (χ4v) is 1.54. The molecule has 0 aromatic heterocycles. The quantitative estimate of drug-likeness (QED) is 0.643. The summed E-state index contributed by atoms with van der Waals surface area (Å²) >= 11 is 0. The molecule has 4 heteroatoms. The summed E-state index contributed by atoms with van der Waals surface area (Å²) in [5, 5.41) is 8.50. The fourth-order valence-electron chi connectivity index (χ4n) is 1.54. The molecule has 0 aliphatic rings. The smallest absolute Gasteiger partial charge is 0.274 e. The Labute approximate surface area is 105 Å². The highest BCUT2D eigenvalue weighted by atomic mass is 16.5. The van der Waals surface area contributed by atoms with Gasteiger partial charge in [-0.3, -0.25) is 10.0 Å². The van der Waals surface area contributed by atoms with E-state index in [1.165, 1.54) is 0 Å². The maximum Gasteiger partial charge on any atom is 0.274 e. The van der Waals surface area contributed by atoms with Gasteiger partial charge in [0.2, 0.25) is 0 Å². The molecule has 92 valence electrons. The van der Waals surface area contributed by atoms with Crippen molar-refractivity contribution in [2.45, 2.75) is 6.92 Å². The number of hydroxylamine groups is 1. The van der Waals surface area contributed by atoms with E-state index in [0.717, 1.165) is 11.3 Å². The van der Waals surface area contributed by atoms with Crippen LogP contribution in [0.1, 0.15) is 15.9 Å².